The Morgan fingerprint density at radius 3 is 2.62 bits per heavy atom. The summed E-state index contributed by atoms with van der Waals surface area (Å²) in [4.78, 5) is 26.9. The number of carbonyl (C=O) groups is 2. The standard InChI is InChI=1S/C18H14FNO3S/c1-2-9-20-15(11-5-7-12(19)8-6-11)14(17(22)18(20)23)16(21)13-4-3-10-24-13/h2-8,10,15,22H,1,9H2/t15-/m1/s1. The fourth-order valence-electron chi connectivity index (χ4n) is 2.75. The third-order valence-electron chi connectivity index (χ3n) is 3.80. The van der Waals surface area contributed by atoms with Crippen molar-refractivity contribution < 1.29 is 19.1 Å². The predicted octanol–water partition coefficient (Wildman–Crippen LogP) is 3.65. The topological polar surface area (TPSA) is 57.6 Å². The van der Waals surface area contributed by atoms with Crippen molar-refractivity contribution in [3.05, 3.63) is 82.0 Å². The number of hydrogen-bond donors (Lipinski definition) is 1. The van der Waals surface area contributed by atoms with Gasteiger partial charge >= 0.3 is 0 Å². The van der Waals surface area contributed by atoms with E-state index in [1.807, 2.05) is 0 Å². The summed E-state index contributed by atoms with van der Waals surface area (Å²) in [5.41, 5.74) is 0.562. The quantitative estimate of drug-likeness (QED) is 0.666. The first-order chi connectivity index (χ1) is 11.5. The second kappa shape index (κ2) is 6.41. The maximum absolute atomic E-state index is 13.2. The summed E-state index contributed by atoms with van der Waals surface area (Å²) in [5, 5.41) is 12.0. The van der Waals surface area contributed by atoms with E-state index in [4.69, 9.17) is 0 Å². The number of aliphatic hydroxyl groups excluding tert-OH is 1. The Kier molecular flexibility index (Phi) is 4.31. The largest absolute Gasteiger partial charge is 0.503 e. The summed E-state index contributed by atoms with van der Waals surface area (Å²) in [6.07, 6.45) is 1.51. The fraction of sp³-hybridized carbons (Fsp3) is 0.111. The number of nitrogens with zero attached hydrogens (tertiary/aromatic N) is 1. The molecule has 3 rings (SSSR count). The van der Waals surface area contributed by atoms with Crippen molar-refractivity contribution in [3.63, 3.8) is 0 Å². The summed E-state index contributed by atoms with van der Waals surface area (Å²) >= 11 is 1.23. The van der Waals surface area contributed by atoms with Gasteiger partial charge in [-0.15, -0.1) is 17.9 Å². The number of rotatable bonds is 5. The van der Waals surface area contributed by atoms with Gasteiger partial charge in [0.2, 0.25) is 5.78 Å². The zero-order valence-electron chi connectivity index (χ0n) is 12.6. The molecule has 2 heterocycles. The van der Waals surface area contributed by atoms with E-state index in [-0.39, 0.29) is 12.1 Å². The first kappa shape index (κ1) is 16.1. The smallest absolute Gasteiger partial charge is 0.290 e. The summed E-state index contributed by atoms with van der Waals surface area (Å²) in [7, 11) is 0. The highest BCUT2D eigenvalue weighted by atomic mass is 32.1. The number of thiophene rings is 1. The van der Waals surface area contributed by atoms with E-state index in [0.717, 1.165) is 0 Å². The molecule has 0 fully saturated rings. The molecule has 0 saturated heterocycles. The minimum atomic E-state index is -0.773. The number of carbonyl (C=O) groups excluding carboxylic acids is 2. The SMILES string of the molecule is C=CCN1C(=O)C(O)=C(C(=O)c2cccs2)[C@H]1c1ccc(F)cc1. The van der Waals surface area contributed by atoms with E-state index in [2.05, 4.69) is 6.58 Å². The van der Waals surface area contributed by atoms with Gasteiger partial charge in [-0.1, -0.05) is 24.3 Å². The van der Waals surface area contributed by atoms with Gasteiger partial charge in [-0.3, -0.25) is 9.59 Å². The Balaban J connectivity index is 2.11. The van der Waals surface area contributed by atoms with Gasteiger partial charge in [0.15, 0.2) is 5.76 Å². The molecule has 6 heteroatoms. The Bertz CT molecular complexity index is 824. The molecule has 0 unspecified atom stereocenters. The van der Waals surface area contributed by atoms with E-state index in [9.17, 15) is 19.1 Å². The number of benzene rings is 1. The normalized spacial score (nSPS) is 17.5. The van der Waals surface area contributed by atoms with E-state index in [1.54, 1.807) is 17.5 Å². The molecule has 0 saturated carbocycles. The molecule has 2 aromatic rings. The Morgan fingerprint density at radius 2 is 2.04 bits per heavy atom. The second-order valence-corrected chi connectivity index (χ2v) is 6.22. The van der Waals surface area contributed by atoms with Crippen LogP contribution < -0.4 is 0 Å². The third-order valence-corrected chi connectivity index (χ3v) is 4.67. The monoisotopic (exact) mass is 343 g/mol. The lowest BCUT2D eigenvalue weighted by molar-refractivity contribution is -0.128. The van der Waals surface area contributed by atoms with Crippen LogP contribution in [0.4, 0.5) is 4.39 Å². The van der Waals surface area contributed by atoms with Gasteiger partial charge in [0, 0.05) is 6.54 Å². The van der Waals surface area contributed by atoms with Crippen LogP contribution in [-0.2, 0) is 4.79 Å². The maximum atomic E-state index is 13.2. The zero-order valence-corrected chi connectivity index (χ0v) is 13.4. The highest BCUT2D eigenvalue weighted by Crippen LogP contribution is 2.39. The number of Topliss-reactive ketones (excluding diaryl/α,β-unsaturated/α-hetero) is 1. The van der Waals surface area contributed by atoms with Gasteiger partial charge in [-0.05, 0) is 29.1 Å². The molecule has 1 atom stereocenters. The molecule has 1 amide bonds. The molecule has 0 bridgehead atoms. The number of halogens is 1. The minimum absolute atomic E-state index is 0.0101. The summed E-state index contributed by atoms with van der Waals surface area (Å²) in [5.74, 6) is -2.02. The van der Waals surface area contributed by atoms with Gasteiger partial charge in [0.1, 0.15) is 5.82 Å². The molecule has 122 valence electrons. The Hall–Kier alpha value is -2.73. The summed E-state index contributed by atoms with van der Waals surface area (Å²) in [6.45, 7) is 3.77. The highest BCUT2D eigenvalue weighted by Gasteiger charge is 2.43. The zero-order chi connectivity index (χ0) is 17.3. The lowest BCUT2D eigenvalue weighted by Gasteiger charge is -2.25. The second-order valence-electron chi connectivity index (χ2n) is 5.27. The van der Waals surface area contributed by atoms with Crippen molar-refractivity contribution >= 4 is 23.0 Å². The summed E-state index contributed by atoms with van der Waals surface area (Å²) in [6, 6.07) is 8.11. The average molecular weight is 343 g/mol. The van der Waals surface area contributed by atoms with E-state index in [0.29, 0.717) is 10.4 Å². The van der Waals surface area contributed by atoms with Crippen LogP contribution in [0, 0.1) is 5.82 Å². The molecular formula is C18H14FNO3S. The van der Waals surface area contributed by atoms with Gasteiger partial charge in [-0.25, -0.2) is 4.39 Å². The van der Waals surface area contributed by atoms with E-state index < -0.39 is 29.3 Å². The van der Waals surface area contributed by atoms with Gasteiger partial charge in [0.25, 0.3) is 5.91 Å². The number of aliphatic hydroxyl groups is 1. The molecule has 1 aliphatic heterocycles. The molecule has 0 radical (unpaired) electrons. The molecule has 4 nitrogen and oxygen atoms in total. The van der Waals surface area contributed by atoms with Crippen LogP contribution in [0.2, 0.25) is 0 Å². The van der Waals surface area contributed by atoms with Crippen LogP contribution in [0.5, 0.6) is 0 Å². The number of hydrogen-bond acceptors (Lipinski definition) is 4. The molecule has 1 aromatic heterocycles. The Morgan fingerprint density at radius 1 is 1.33 bits per heavy atom. The molecule has 1 N–H and O–H groups in total. The van der Waals surface area contributed by atoms with Crippen LogP contribution in [0.25, 0.3) is 0 Å². The summed E-state index contributed by atoms with van der Waals surface area (Å²) < 4.78 is 13.2. The van der Waals surface area contributed by atoms with Crippen molar-refractivity contribution in [2.24, 2.45) is 0 Å². The molecule has 24 heavy (non-hydrogen) atoms. The molecule has 1 aromatic carbocycles. The van der Waals surface area contributed by atoms with Crippen molar-refractivity contribution in [1.82, 2.24) is 4.90 Å². The molecule has 0 spiro atoms. The van der Waals surface area contributed by atoms with Crippen LogP contribution >= 0.6 is 11.3 Å². The van der Waals surface area contributed by atoms with E-state index >= 15 is 0 Å². The fourth-order valence-corrected chi connectivity index (χ4v) is 3.42. The molecule has 1 aliphatic rings. The maximum Gasteiger partial charge on any atom is 0.290 e. The van der Waals surface area contributed by atoms with Crippen LogP contribution in [0.1, 0.15) is 21.3 Å². The number of ketones is 1. The Labute approximate surface area is 142 Å². The third kappa shape index (κ3) is 2.65. The van der Waals surface area contributed by atoms with Crippen molar-refractivity contribution in [1.29, 1.82) is 0 Å². The predicted molar refractivity (Wildman–Crippen MR) is 89.4 cm³/mol. The van der Waals surface area contributed by atoms with Crippen LogP contribution in [0.15, 0.2) is 65.8 Å². The average Bonchev–Trinajstić information content (AvgIpc) is 3.19. The van der Waals surface area contributed by atoms with Crippen molar-refractivity contribution in [3.8, 4) is 0 Å². The lowest BCUT2D eigenvalue weighted by atomic mass is 9.95. The number of amides is 1. The van der Waals surface area contributed by atoms with Crippen molar-refractivity contribution in [2.75, 3.05) is 6.54 Å². The first-order valence-corrected chi connectivity index (χ1v) is 8.11. The lowest BCUT2D eigenvalue weighted by Crippen LogP contribution is -2.31. The van der Waals surface area contributed by atoms with Crippen molar-refractivity contribution in [2.45, 2.75) is 6.04 Å². The van der Waals surface area contributed by atoms with Crippen LogP contribution in [0.3, 0.4) is 0 Å². The molecular weight excluding hydrogens is 329 g/mol. The minimum Gasteiger partial charge on any atom is -0.503 e. The first-order valence-electron chi connectivity index (χ1n) is 7.23. The van der Waals surface area contributed by atoms with Gasteiger partial charge in [0.05, 0.1) is 16.5 Å². The van der Waals surface area contributed by atoms with Crippen LogP contribution in [-0.4, -0.2) is 28.2 Å². The van der Waals surface area contributed by atoms with Gasteiger partial charge < -0.3 is 10.0 Å². The van der Waals surface area contributed by atoms with Gasteiger partial charge in [-0.2, -0.15) is 0 Å². The molecule has 0 aliphatic carbocycles. The van der Waals surface area contributed by atoms with E-state index in [1.165, 1.54) is 46.6 Å². The highest BCUT2D eigenvalue weighted by molar-refractivity contribution is 7.12.